The maximum absolute atomic E-state index is 12.6. The van der Waals surface area contributed by atoms with Gasteiger partial charge in [0.05, 0.1) is 12.2 Å². The highest BCUT2D eigenvalue weighted by Gasteiger charge is 2.15. The highest BCUT2D eigenvalue weighted by molar-refractivity contribution is 9.10. The van der Waals surface area contributed by atoms with Crippen LogP contribution in [0.25, 0.3) is 0 Å². The molecule has 0 aliphatic heterocycles. The lowest BCUT2D eigenvalue weighted by atomic mass is 10.2. The molecule has 32 heavy (non-hydrogen) atoms. The fourth-order valence-corrected chi connectivity index (χ4v) is 3.07. The number of carbonyl (C=O) groups excluding carboxylic acids is 3. The van der Waals surface area contributed by atoms with Crippen LogP contribution >= 0.6 is 28.1 Å². The largest absolute Gasteiger partial charge is 0.493 e. The number of halogens is 1. The van der Waals surface area contributed by atoms with Crippen molar-refractivity contribution in [3.8, 4) is 5.75 Å². The zero-order valence-corrected chi connectivity index (χ0v) is 20.2. The minimum Gasteiger partial charge on any atom is -0.493 e. The molecular weight excluding hydrogens is 496 g/mol. The lowest BCUT2D eigenvalue weighted by Gasteiger charge is -2.14. The fraction of sp³-hybridized carbons (Fsp3) is 0.273. The quantitative estimate of drug-likeness (QED) is 0.310. The van der Waals surface area contributed by atoms with Crippen LogP contribution in [0.2, 0.25) is 0 Å². The molecule has 8 nitrogen and oxygen atoms in total. The predicted octanol–water partition coefficient (Wildman–Crippen LogP) is 3.93. The third-order valence-electron chi connectivity index (χ3n) is 4.07. The molecule has 0 spiro atoms. The Hall–Kier alpha value is -2.98. The molecule has 2 rings (SSSR count). The van der Waals surface area contributed by atoms with E-state index in [2.05, 4.69) is 37.4 Å². The predicted molar refractivity (Wildman–Crippen MR) is 131 cm³/mol. The fourth-order valence-electron chi connectivity index (χ4n) is 2.56. The van der Waals surface area contributed by atoms with Gasteiger partial charge in [0.15, 0.2) is 5.11 Å². The van der Waals surface area contributed by atoms with Gasteiger partial charge in [0, 0.05) is 22.1 Å². The van der Waals surface area contributed by atoms with Crippen LogP contribution in [0.3, 0.4) is 0 Å². The van der Waals surface area contributed by atoms with E-state index in [-0.39, 0.29) is 11.0 Å². The molecule has 0 unspecified atom stereocenters. The molecule has 0 saturated carbocycles. The molecule has 0 aliphatic carbocycles. The Kier molecular flexibility index (Phi) is 10.1. The van der Waals surface area contributed by atoms with Crippen molar-refractivity contribution in [3.05, 3.63) is 58.1 Å². The smallest absolute Gasteiger partial charge is 0.269 e. The number of thiocarbonyl (C=S) groups is 1. The summed E-state index contributed by atoms with van der Waals surface area (Å²) in [5.74, 6) is -0.578. The Morgan fingerprint density at radius 2 is 1.69 bits per heavy atom. The summed E-state index contributed by atoms with van der Waals surface area (Å²) in [5, 5.41) is 5.18. The molecule has 2 aromatic carbocycles. The highest BCUT2D eigenvalue weighted by atomic mass is 79.9. The summed E-state index contributed by atoms with van der Waals surface area (Å²) < 4.78 is 6.32. The van der Waals surface area contributed by atoms with E-state index in [1.807, 2.05) is 13.8 Å². The molecule has 3 amide bonds. The standard InChI is InChI=1S/C22H25BrN4O4S/c1-3-5-19(28)24-16-9-6-14(7-10-16)20(29)26-27-22(32)25-21(30)17-13-15(23)8-11-18(17)31-12-4-2/h6-11,13H,3-5,12H2,1-2H3,(H,24,28)(H,26,29)(H2,25,27,30,32). The first-order valence-electron chi connectivity index (χ1n) is 10.1. The van der Waals surface area contributed by atoms with Crippen LogP contribution in [-0.4, -0.2) is 29.4 Å². The molecule has 0 radical (unpaired) electrons. The van der Waals surface area contributed by atoms with Crippen molar-refractivity contribution in [1.82, 2.24) is 16.2 Å². The number of rotatable bonds is 8. The van der Waals surface area contributed by atoms with Gasteiger partial charge in [0.25, 0.3) is 11.8 Å². The average molecular weight is 521 g/mol. The summed E-state index contributed by atoms with van der Waals surface area (Å²) in [5.41, 5.74) is 6.19. The average Bonchev–Trinajstić information content (AvgIpc) is 2.77. The molecule has 0 saturated heterocycles. The molecule has 0 atom stereocenters. The Morgan fingerprint density at radius 3 is 2.34 bits per heavy atom. The van der Waals surface area contributed by atoms with Crippen molar-refractivity contribution < 1.29 is 19.1 Å². The third-order valence-corrected chi connectivity index (χ3v) is 4.77. The molecule has 0 fully saturated rings. The Labute approximate surface area is 200 Å². The molecular formula is C22H25BrN4O4S. The van der Waals surface area contributed by atoms with Gasteiger partial charge in [-0.25, -0.2) is 0 Å². The first-order valence-corrected chi connectivity index (χ1v) is 11.3. The van der Waals surface area contributed by atoms with E-state index in [1.165, 1.54) is 0 Å². The number of benzene rings is 2. The second-order valence-corrected chi connectivity index (χ2v) is 8.05. The lowest BCUT2D eigenvalue weighted by Crippen LogP contribution is -2.48. The van der Waals surface area contributed by atoms with Crippen LogP contribution < -0.4 is 26.2 Å². The number of amides is 3. The van der Waals surface area contributed by atoms with E-state index in [0.717, 1.165) is 12.8 Å². The molecule has 10 heteroatoms. The maximum Gasteiger partial charge on any atom is 0.269 e. The number of nitrogens with one attached hydrogen (secondary N) is 4. The minimum absolute atomic E-state index is 0.0757. The SMILES string of the molecule is CCCOc1ccc(Br)cc1C(=O)NC(=S)NNC(=O)c1ccc(NC(=O)CCC)cc1. The number of carbonyl (C=O) groups is 3. The summed E-state index contributed by atoms with van der Waals surface area (Å²) in [6.07, 6.45) is 1.99. The van der Waals surface area contributed by atoms with Crippen molar-refractivity contribution >= 4 is 56.7 Å². The summed E-state index contributed by atoms with van der Waals surface area (Å²) in [4.78, 5) is 36.5. The van der Waals surface area contributed by atoms with Gasteiger partial charge < -0.3 is 10.1 Å². The summed E-state index contributed by atoms with van der Waals surface area (Å²) >= 11 is 8.43. The number of anilines is 1. The molecule has 0 bridgehead atoms. The van der Waals surface area contributed by atoms with E-state index in [1.54, 1.807) is 42.5 Å². The van der Waals surface area contributed by atoms with Crippen LogP contribution in [0.1, 0.15) is 53.8 Å². The zero-order chi connectivity index (χ0) is 23.5. The Morgan fingerprint density at radius 1 is 0.969 bits per heavy atom. The number of hydrazine groups is 1. The molecule has 170 valence electrons. The van der Waals surface area contributed by atoms with Gasteiger partial charge >= 0.3 is 0 Å². The van der Waals surface area contributed by atoms with E-state index in [0.29, 0.717) is 40.1 Å². The van der Waals surface area contributed by atoms with Crippen LogP contribution in [0.5, 0.6) is 5.75 Å². The molecule has 0 aliphatic rings. The van der Waals surface area contributed by atoms with E-state index >= 15 is 0 Å². The second-order valence-electron chi connectivity index (χ2n) is 6.73. The molecule has 0 heterocycles. The normalized spacial score (nSPS) is 10.1. The third kappa shape index (κ3) is 7.93. The molecule has 4 N–H and O–H groups in total. The van der Waals surface area contributed by atoms with Gasteiger partial charge in [-0.2, -0.15) is 0 Å². The summed E-state index contributed by atoms with van der Waals surface area (Å²) in [7, 11) is 0. The van der Waals surface area contributed by atoms with Crippen LogP contribution in [-0.2, 0) is 4.79 Å². The van der Waals surface area contributed by atoms with E-state index in [9.17, 15) is 14.4 Å². The van der Waals surface area contributed by atoms with Crippen LogP contribution in [0.4, 0.5) is 5.69 Å². The Balaban J connectivity index is 1.90. The first-order chi connectivity index (χ1) is 15.3. The number of hydrogen-bond donors (Lipinski definition) is 4. The van der Waals surface area contributed by atoms with Gasteiger partial charge in [-0.15, -0.1) is 0 Å². The van der Waals surface area contributed by atoms with E-state index in [4.69, 9.17) is 17.0 Å². The van der Waals surface area contributed by atoms with E-state index < -0.39 is 11.8 Å². The van der Waals surface area contributed by atoms with Gasteiger partial charge in [0.1, 0.15) is 5.75 Å². The second kappa shape index (κ2) is 12.8. The van der Waals surface area contributed by atoms with Gasteiger partial charge in [-0.05, 0) is 67.5 Å². The monoisotopic (exact) mass is 520 g/mol. The number of ether oxygens (including phenoxy) is 1. The van der Waals surface area contributed by atoms with Crippen LogP contribution in [0.15, 0.2) is 46.9 Å². The van der Waals surface area contributed by atoms with Crippen molar-refractivity contribution in [2.75, 3.05) is 11.9 Å². The van der Waals surface area contributed by atoms with Crippen molar-refractivity contribution in [3.63, 3.8) is 0 Å². The summed E-state index contributed by atoms with van der Waals surface area (Å²) in [6.45, 7) is 4.36. The Bertz CT molecular complexity index is 982. The van der Waals surface area contributed by atoms with Gasteiger partial charge in [0.2, 0.25) is 5.91 Å². The molecule has 0 aromatic heterocycles. The van der Waals surface area contributed by atoms with Gasteiger partial charge in [-0.3, -0.25) is 30.6 Å². The van der Waals surface area contributed by atoms with Crippen molar-refractivity contribution in [2.45, 2.75) is 33.1 Å². The lowest BCUT2D eigenvalue weighted by molar-refractivity contribution is -0.116. The highest BCUT2D eigenvalue weighted by Crippen LogP contribution is 2.23. The topological polar surface area (TPSA) is 109 Å². The summed E-state index contributed by atoms with van der Waals surface area (Å²) in [6, 6.07) is 11.5. The minimum atomic E-state index is -0.476. The maximum atomic E-state index is 12.6. The van der Waals surface area contributed by atoms with Gasteiger partial charge in [-0.1, -0.05) is 29.8 Å². The van der Waals surface area contributed by atoms with Crippen molar-refractivity contribution in [2.24, 2.45) is 0 Å². The number of hydrogen-bond acceptors (Lipinski definition) is 5. The van der Waals surface area contributed by atoms with Crippen LogP contribution in [0, 0.1) is 0 Å². The first kappa shape index (κ1) is 25.3. The zero-order valence-electron chi connectivity index (χ0n) is 17.8. The molecule has 2 aromatic rings. The van der Waals surface area contributed by atoms with Crippen molar-refractivity contribution in [1.29, 1.82) is 0 Å².